The van der Waals surface area contributed by atoms with Crippen LogP contribution in [0.15, 0.2) is 82.3 Å². The van der Waals surface area contributed by atoms with Crippen molar-refractivity contribution in [2.75, 3.05) is 30.5 Å². The van der Waals surface area contributed by atoms with Crippen molar-refractivity contribution in [2.24, 2.45) is 5.92 Å². The number of hydrogen-bond acceptors (Lipinski definition) is 12. The number of nitrogens with zero attached hydrogens (tertiary/aromatic N) is 2. The molecule has 0 aromatic heterocycles. The molecule has 0 bridgehead atoms. The second-order valence-electron chi connectivity index (χ2n) is 15.7. The van der Waals surface area contributed by atoms with Gasteiger partial charge in [0.05, 0.1) is 35.5 Å². The number of nitrogens with one attached hydrogen (secondary N) is 1. The largest absolute Gasteiger partial charge is 0.691 e. The maximum absolute atomic E-state index is 13.0. The maximum atomic E-state index is 13.0. The van der Waals surface area contributed by atoms with E-state index < -0.39 is 15.6 Å². The summed E-state index contributed by atoms with van der Waals surface area (Å²) in [6, 6.07) is 11.3. The molecule has 2 N–H and O–H groups in total. The fourth-order valence-electron chi connectivity index (χ4n) is 7.52. The molecule has 2 heterocycles. The lowest BCUT2D eigenvalue weighted by molar-refractivity contribution is -0.777. The monoisotopic (exact) mass is 843 g/mol. The van der Waals surface area contributed by atoms with Gasteiger partial charge in [0, 0.05) is 81.6 Å². The number of ketones is 1. The predicted octanol–water partition coefficient (Wildman–Crippen LogP) is 7.54. The van der Waals surface area contributed by atoms with Gasteiger partial charge in [-0.25, -0.2) is 5.26 Å². The smallest absolute Gasteiger partial charge is 0.220 e. The van der Waals surface area contributed by atoms with Gasteiger partial charge in [-0.3, -0.25) is 18.8 Å². The van der Waals surface area contributed by atoms with Gasteiger partial charge in [-0.05, 0) is 91.0 Å². The molecule has 0 saturated carbocycles. The topological polar surface area (TPSA) is 150 Å². The van der Waals surface area contributed by atoms with Gasteiger partial charge in [0.2, 0.25) is 11.6 Å². The molecule has 0 saturated heterocycles. The Labute approximate surface area is 346 Å². The fraction of sp³-hybridized carbons (Fsp3) is 0.476. The van der Waals surface area contributed by atoms with Crippen molar-refractivity contribution in [1.29, 1.82) is 0 Å². The van der Waals surface area contributed by atoms with E-state index in [9.17, 15) is 19.1 Å². The Kier molecular flexibility index (Phi) is 16.8. The van der Waals surface area contributed by atoms with Gasteiger partial charge in [0.25, 0.3) is 0 Å². The van der Waals surface area contributed by atoms with E-state index in [4.69, 9.17) is 5.26 Å². The zero-order valence-corrected chi connectivity index (χ0v) is 36.8. The lowest BCUT2D eigenvalue weighted by atomic mass is 9.81. The van der Waals surface area contributed by atoms with Crippen molar-refractivity contribution in [1.82, 2.24) is 5.32 Å². The van der Waals surface area contributed by atoms with Crippen LogP contribution in [-0.4, -0.2) is 68.5 Å². The molecular formula is C42H57N3O9S3. The quantitative estimate of drug-likeness (QED) is 0.0243. The lowest BCUT2D eigenvalue weighted by Crippen LogP contribution is -2.46. The number of amides is 1. The molecule has 0 radical (unpaired) electrons. The van der Waals surface area contributed by atoms with E-state index in [1.807, 2.05) is 44.2 Å². The van der Waals surface area contributed by atoms with E-state index in [-0.39, 0.29) is 28.4 Å². The van der Waals surface area contributed by atoms with Gasteiger partial charge in [0.15, 0.2) is 11.5 Å². The minimum atomic E-state index is -2.39. The van der Waals surface area contributed by atoms with Crippen molar-refractivity contribution < 1.29 is 47.6 Å². The first kappa shape index (κ1) is 46.4. The highest BCUT2D eigenvalue weighted by atomic mass is 32.2. The van der Waals surface area contributed by atoms with Gasteiger partial charge in [-0.2, -0.15) is 8.91 Å². The first-order valence-corrected chi connectivity index (χ1v) is 23.1. The molecule has 1 unspecified atom stereocenters. The van der Waals surface area contributed by atoms with Crippen LogP contribution < -0.4 is 15.5 Å². The fourth-order valence-corrected chi connectivity index (χ4v) is 9.02. The third-order valence-corrected chi connectivity index (χ3v) is 12.6. The molecule has 12 nitrogen and oxygen atoms in total. The van der Waals surface area contributed by atoms with Crippen LogP contribution >= 0.6 is 24.1 Å². The van der Waals surface area contributed by atoms with Crippen LogP contribution in [0.1, 0.15) is 91.7 Å². The zero-order valence-electron chi connectivity index (χ0n) is 34.4. The molecule has 0 fully saturated rings. The normalized spacial score (nSPS) is 17.7. The molecule has 2 aliphatic rings. The SMILES string of the molecule is CCC(C)[C@H](NC(=O)CCCCC[N+]1=C(/C=C/C=C/C=C2/N(CC)c3ccc(SOOO)cc3C2(C)C)C(C)(C)c2cc(SOO[O-])ccc21)C(=O)C=S(C)(C)=O. The second kappa shape index (κ2) is 20.6. The van der Waals surface area contributed by atoms with Gasteiger partial charge < -0.3 is 15.5 Å². The van der Waals surface area contributed by atoms with Gasteiger partial charge in [0.1, 0.15) is 6.54 Å². The molecule has 57 heavy (non-hydrogen) atoms. The molecule has 2 aliphatic heterocycles. The summed E-state index contributed by atoms with van der Waals surface area (Å²) in [5.74, 6) is -0.560. The number of anilines is 1. The third kappa shape index (κ3) is 11.7. The molecule has 15 heteroatoms. The van der Waals surface area contributed by atoms with Crippen LogP contribution in [0.5, 0.6) is 0 Å². The van der Waals surface area contributed by atoms with Crippen molar-refractivity contribution in [2.45, 2.75) is 107 Å². The standard InChI is InChI=1S/C42H57N3O9S3/c1-10-29(3)40(36(46)28-57(8,9)50)43-39(47)20-16-13-17-25-45-35-24-22-31(56-54-52-49)27-33(35)42(6,7)38(45)19-15-12-14-18-37-41(4,5)32-26-30(55-53-51-48)21-23-34(32)44(37)11-2/h12,14-15,18-19,21-24,26-29,40H,10-11,13,16-17,20,25H2,1-9H3,(H2-,43,47,48,49)/t29?,40-/m0/s1. The van der Waals surface area contributed by atoms with Crippen LogP contribution in [-0.2, 0) is 48.7 Å². The Morgan fingerprint density at radius 1 is 0.965 bits per heavy atom. The zero-order chi connectivity index (χ0) is 42.0. The van der Waals surface area contributed by atoms with Crippen molar-refractivity contribution >= 4 is 67.8 Å². The van der Waals surface area contributed by atoms with E-state index in [0.29, 0.717) is 19.3 Å². The van der Waals surface area contributed by atoms with Gasteiger partial charge >= 0.3 is 0 Å². The van der Waals surface area contributed by atoms with Crippen molar-refractivity contribution in [3.8, 4) is 0 Å². The summed E-state index contributed by atoms with van der Waals surface area (Å²) in [6.45, 7) is 16.2. The predicted molar refractivity (Wildman–Crippen MR) is 228 cm³/mol. The number of rotatable bonds is 21. The minimum Gasteiger partial charge on any atom is -0.691 e. The molecule has 4 rings (SSSR count). The average molecular weight is 844 g/mol. The molecule has 0 aliphatic carbocycles. The minimum absolute atomic E-state index is 0.0780. The molecule has 2 aromatic carbocycles. The summed E-state index contributed by atoms with van der Waals surface area (Å²) >= 11 is 1.81. The molecule has 312 valence electrons. The number of fused-ring (bicyclic) bond motifs is 2. The van der Waals surface area contributed by atoms with Gasteiger partial charge in [-0.15, -0.1) is 4.33 Å². The number of benzene rings is 2. The molecule has 0 spiro atoms. The average Bonchev–Trinajstić information content (AvgIpc) is 3.51. The van der Waals surface area contributed by atoms with E-state index in [1.54, 1.807) is 0 Å². The number of allylic oxidation sites excluding steroid dienone is 6. The van der Waals surface area contributed by atoms with Crippen LogP contribution in [0.25, 0.3) is 0 Å². The third-order valence-electron chi connectivity index (χ3n) is 10.6. The van der Waals surface area contributed by atoms with Crippen LogP contribution in [0.3, 0.4) is 0 Å². The van der Waals surface area contributed by atoms with E-state index in [1.165, 1.54) is 17.9 Å². The number of carbonyl (C=O) groups is 2. The highest BCUT2D eigenvalue weighted by molar-refractivity contribution is 8.01. The Morgan fingerprint density at radius 2 is 1.65 bits per heavy atom. The number of unbranched alkanes of at least 4 members (excludes halogenated alkanes) is 2. The molecular weight excluding hydrogens is 787 g/mol. The Hall–Kier alpha value is -3.25. The second-order valence-corrected chi connectivity index (χ2v) is 20.1. The lowest BCUT2D eigenvalue weighted by Gasteiger charge is -2.25. The number of hydrogen-bond donors (Lipinski definition) is 2. The van der Waals surface area contributed by atoms with E-state index in [0.717, 1.165) is 93.7 Å². The van der Waals surface area contributed by atoms with Crippen LogP contribution in [0.2, 0.25) is 0 Å². The molecule has 1 amide bonds. The number of Topliss-reactive ketones (excluding diaryl/α,β-unsaturated/α-hetero) is 1. The summed E-state index contributed by atoms with van der Waals surface area (Å²) in [5.41, 5.74) is 6.02. The van der Waals surface area contributed by atoms with Crippen molar-refractivity contribution in [3.05, 3.63) is 83.6 Å². The first-order chi connectivity index (χ1) is 27.0. The van der Waals surface area contributed by atoms with E-state index in [2.05, 4.69) is 105 Å². The van der Waals surface area contributed by atoms with Crippen LogP contribution in [0, 0.1) is 5.92 Å². The summed E-state index contributed by atoms with van der Waals surface area (Å²) in [7, 11) is -2.39. The summed E-state index contributed by atoms with van der Waals surface area (Å²) in [5, 5.41) is 30.7. The van der Waals surface area contributed by atoms with Crippen molar-refractivity contribution in [3.63, 3.8) is 0 Å². The van der Waals surface area contributed by atoms with E-state index >= 15 is 0 Å². The highest BCUT2D eigenvalue weighted by Crippen LogP contribution is 2.49. The summed E-state index contributed by atoms with van der Waals surface area (Å²) < 4.78 is 23.9. The highest BCUT2D eigenvalue weighted by Gasteiger charge is 2.44. The summed E-state index contributed by atoms with van der Waals surface area (Å²) in [6.07, 6.45) is 16.7. The van der Waals surface area contributed by atoms with Gasteiger partial charge in [-0.1, -0.05) is 57.4 Å². The molecule has 2 atom stereocenters. The Morgan fingerprint density at radius 3 is 2.30 bits per heavy atom. The maximum Gasteiger partial charge on any atom is 0.220 e. The Bertz CT molecular complexity index is 2010. The molecule has 2 aromatic rings. The number of carbonyl (C=O) groups excluding carboxylic acids is 2. The van der Waals surface area contributed by atoms with Crippen LogP contribution in [0.4, 0.5) is 11.4 Å². The Balaban J connectivity index is 1.51. The summed E-state index contributed by atoms with van der Waals surface area (Å²) in [4.78, 5) is 29.7. The first-order valence-electron chi connectivity index (χ1n) is 19.2. The number of likely N-dealkylation sites (N-methyl/N-ethyl adjacent to an activating group) is 1.